The van der Waals surface area contributed by atoms with Crippen LogP contribution in [0.4, 0.5) is 0 Å². The Bertz CT molecular complexity index is 815. The third-order valence-electron chi connectivity index (χ3n) is 5.53. The molecule has 4 rings (SSSR count). The first-order valence-corrected chi connectivity index (χ1v) is 9.89. The summed E-state index contributed by atoms with van der Waals surface area (Å²) in [5.74, 6) is 1.05. The van der Waals surface area contributed by atoms with E-state index in [1.54, 1.807) is 4.90 Å². The highest BCUT2D eigenvalue weighted by atomic mass is 16.2. The molecular formula is C21H26N4O2. The van der Waals surface area contributed by atoms with Crippen molar-refractivity contribution in [2.24, 2.45) is 0 Å². The molecule has 1 N–H and O–H groups in total. The monoisotopic (exact) mass is 366 g/mol. The molecule has 1 fully saturated rings. The maximum atomic E-state index is 13.1. The van der Waals surface area contributed by atoms with Gasteiger partial charge in [0.2, 0.25) is 11.8 Å². The van der Waals surface area contributed by atoms with Crippen LogP contribution in [0, 0.1) is 0 Å². The number of rotatable bonds is 5. The predicted molar refractivity (Wildman–Crippen MR) is 102 cm³/mol. The lowest BCUT2D eigenvalue weighted by molar-refractivity contribution is -0.142. The molecule has 0 bridgehead atoms. The molecule has 1 aromatic carbocycles. The zero-order valence-corrected chi connectivity index (χ0v) is 15.6. The molecule has 2 amide bonds. The van der Waals surface area contributed by atoms with Crippen molar-refractivity contribution in [2.45, 2.75) is 57.7 Å². The van der Waals surface area contributed by atoms with E-state index in [2.05, 4.69) is 14.9 Å². The summed E-state index contributed by atoms with van der Waals surface area (Å²) in [4.78, 5) is 31.8. The van der Waals surface area contributed by atoms with E-state index in [1.165, 1.54) is 6.42 Å². The van der Waals surface area contributed by atoms with Crippen LogP contribution in [-0.2, 0) is 29.1 Å². The van der Waals surface area contributed by atoms with Crippen LogP contribution in [0.25, 0.3) is 0 Å². The second kappa shape index (κ2) is 7.94. The van der Waals surface area contributed by atoms with Crippen LogP contribution in [0.2, 0.25) is 0 Å². The van der Waals surface area contributed by atoms with Gasteiger partial charge in [-0.25, -0.2) is 4.98 Å². The molecule has 142 valence electrons. The van der Waals surface area contributed by atoms with Gasteiger partial charge in [-0.15, -0.1) is 0 Å². The molecule has 1 aromatic heterocycles. The number of likely N-dealkylation sites (tertiary alicyclic amines) is 1. The largest absolute Gasteiger partial charge is 0.348 e. The van der Waals surface area contributed by atoms with E-state index in [9.17, 15) is 9.59 Å². The molecule has 2 aliphatic heterocycles. The first-order valence-electron chi connectivity index (χ1n) is 9.89. The molecular weight excluding hydrogens is 340 g/mol. The quantitative estimate of drug-likeness (QED) is 0.884. The van der Waals surface area contributed by atoms with Crippen molar-refractivity contribution in [3.05, 3.63) is 53.6 Å². The number of piperidine rings is 1. The number of amides is 2. The Kier molecular flexibility index (Phi) is 5.23. The number of nitrogens with zero attached hydrogens (tertiary/aromatic N) is 3. The van der Waals surface area contributed by atoms with Crippen molar-refractivity contribution < 1.29 is 9.59 Å². The predicted octanol–water partition coefficient (Wildman–Crippen LogP) is 2.59. The normalized spacial score (nSPS) is 18.1. The Labute approximate surface area is 159 Å². The summed E-state index contributed by atoms with van der Waals surface area (Å²) in [6.07, 6.45) is 7.56. The fourth-order valence-corrected chi connectivity index (χ4v) is 4.10. The Balaban J connectivity index is 1.52. The standard InChI is InChI=1S/C21H26N4O2/c26-19-11-5-7-13-25(19)20(16-8-2-1-3-9-16)21(27)23-15-17-14-22-18-10-4-6-12-24(17)18/h1-3,8-9,14,20H,4-7,10-13,15H2,(H,23,27). The smallest absolute Gasteiger partial charge is 0.247 e. The van der Waals surface area contributed by atoms with E-state index in [0.717, 1.165) is 49.3 Å². The number of hydrogen-bond acceptors (Lipinski definition) is 3. The average Bonchev–Trinajstić information content (AvgIpc) is 3.12. The van der Waals surface area contributed by atoms with E-state index >= 15 is 0 Å². The van der Waals surface area contributed by atoms with E-state index in [0.29, 0.717) is 19.5 Å². The Morgan fingerprint density at radius 3 is 2.67 bits per heavy atom. The molecule has 2 aromatic rings. The molecule has 0 aliphatic carbocycles. The van der Waals surface area contributed by atoms with Crippen molar-refractivity contribution >= 4 is 11.8 Å². The number of aryl methyl sites for hydroxylation is 1. The lowest BCUT2D eigenvalue weighted by Gasteiger charge is -2.34. The Hall–Kier alpha value is -2.63. The zero-order valence-electron chi connectivity index (χ0n) is 15.6. The molecule has 1 atom stereocenters. The van der Waals surface area contributed by atoms with Crippen LogP contribution in [-0.4, -0.2) is 32.8 Å². The van der Waals surface area contributed by atoms with Gasteiger partial charge in [-0.2, -0.15) is 0 Å². The van der Waals surface area contributed by atoms with Gasteiger partial charge in [0.15, 0.2) is 0 Å². The number of benzene rings is 1. The minimum absolute atomic E-state index is 0.0620. The fourth-order valence-electron chi connectivity index (χ4n) is 4.10. The number of imidazole rings is 1. The Morgan fingerprint density at radius 1 is 1.07 bits per heavy atom. The van der Waals surface area contributed by atoms with Crippen molar-refractivity contribution in [1.82, 2.24) is 19.8 Å². The summed E-state index contributed by atoms with van der Waals surface area (Å²) >= 11 is 0. The van der Waals surface area contributed by atoms with E-state index in [4.69, 9.17) is 0 Å². The third-order valence-corrected chi connectivity index (χ3v) is 5.53. The van der Waals surface area contributed by atoms with Crippen LogP contribution in [0.3, 0.4) is 0 Å². The van der Waals surface area contributed by atoms with E-state index < -0.39 is 6.04 Å². The number of fused-ring (bicyclic) bond motifs is 1. The van der Waals surface area contributed by atoms with Gasteiger partial charge in [-0.3, -0.25) is 9.59 Å². The van der Waals surface area contributed by atoms with Gasteiger partial charge in [0.05, 0.1) is 18.4 Å². The number of carbonyl (C=O) groups excluding carboxylic acids is 2. The molecule has 27 heavy (non-hydrogen) atoms. The third kappa shape index (κ3) is 3.75. The molecule has 0 spiro atoms. The van der Waals surface area contributed by atoms with Gasteiger partial charge in [-0.05, 0) is 31.2 Å². The topological polar surface area (TPSA) is 67.2 Å². The van der Waals surface area contributed by atoms with Crippen molar-refractivity contribution in [1.29, 1.82) is 0 Å². The molecule has 0 saturated carbocycles. The second-order valence-electron chi connectivity index (χ2n) is 7.35. The van der Waals surface area contributed by atoms with Gasteiger partial charge in [0.1, 0.15) is 11.9 Å². The van der Waals surface area contributed by atoms with Crippen molar-refractivity contribution in [2.75, 3.05) is 6.54 Å². The number of carbonyl (C=O) groups is 2. The highest BCUT2D eigenvalue weighted by Gasteiger charge is 2.32. The van der Waals surface area contributed by atoms with Gasteiger partial charge < -0.3 is 14.8 Å². The summed E-state index contributed by atoms with van der Waals surface area (Å²) in [6.45, 7) is 2.04. The minimum Gasteiger partial charge on any atom is -0.348 e. The molecule has 0 radical (unpaired) electrons. The van der Waals surface area contributed by atoms with Crippen LogP contribution >= 0.6 is 0 Å². The minimum atomic E-state index is -0.567. The second-order valence-corrected chi connectivity index (χ2v) is 7.35. The van der Waals surface area contributed by atoms with Crippen molar-refractivity contribution in [3.63, 3.8) is 0 Å². The highest BCUT2D eigenvalue weighted by Crippen LogP contribution is 2.26. The summed E-state index contributed by atoms with van der Waals surface area (Å²) in [5.41, 5.74) is 1.90. The van der Waals surface area contributed by atoms with Gasteiger partial charge in [0, 0.05) is 25.9 Å². The van der Waals surface area contributed by atoms with Crippen molar-refractivity contribution in [3.8, 4) is 0 Å². The molecule has 6 heteroatoms. The molecule has 2 aliphatic rings. The lowest BCUT2D eigenvalue weighted by Crippen LogP contribution is -2.45. The molecule has 1 saturated heterocycles. The number of nitrogens with one attached hydrogen (secondary N) is 1. The first kappa shape index (κ1) is 17.8. The van der Waals surface area contributed by atoms with E-state index in [1.807, 2.05) is 36.5 Å². The van der Waals surface area contributed by atoms with E-state index in [-0.39, 0.29) is 11.8 Å². The van der Waals surface area contributed by atoms with Crippen LogP contribution in [0.1, 0.15) is 55.2 Å². The lowest BCUT2D eigenvalue weighted by atomic mass is 10.0. The van der Waals surface area contributed by atoms with Crippen LogP contribution < -0.4 is 5.32 Å². The summed E-state index contributed by atoms with van der Waals surface area (Å²) < 4.78 is 2.22. The summed E-state index contributed by atoms with van der Waals surface area (Å²) in [7, 11) is 0. The average molecular weight is 366 g/mol. The molecule has 3 heterocycles. The molecule has 6 nitrogen and oxygen atoms in total. The molecule has 1 unspecified atom stereocenters. The highest BCUT2D eigenvalue weighted by molar-refractivity contribution is 5.89. The number of aromatic nitrogens is 2. The SMILES string of the molecule is O=C(NCc1cnc2n1CCCC2)C(c1ccccc1)N1CCCCC1=O. The van der Waals surface area contributed by atoms with Gasteiger partial charge >= 0.3 is 0 Å². The fraction of sp³-hybridized carbons (Fsp3) is 0.476. The van der Waals surface area contributed by atoms with Crippen LogP contribution in [0.15, 0.2) is 36.5 Å². The first-order chi connectivity index (χ1) is 13.2. The summed E-state index contributed by atoms with van der Waals surface area (Å²) in [5, 5.41) is 3.06. The maximum absolute atomic E-state index is 13.1. The maximum Gasteiger partial charge on any atom is 0.247 e. The van der Waals surface area contributed by atoms with Gasteiger partial charge in [-0.1, -0.05) is 30.3 Å². The zero-order chi connectivity index (χ0) is 18.6. The van der Waals surface area contributed by atoms with Crippen LogP contribution in [0.5, 0.6) is 0 Å². The van der Waals surface area contributed by atoms with Gasteiger partial charge in [0.25, 0.3) is 0 Å². The summed E-state index contributed by atoms with van der Waals surface area (Å²) in [6, 6.07) is 9.03. The number of hydrogen-bond donors (Lipinski definition) is 1. The Morgan fingerprint density at radius 2 is 1.85 bits per heavy atom.